The number of hydrogen-bond donors (Lipinski definition) is 1. The van der Waals surface area contributed by atoms with Gasteiger partial charge in [-0.25, -0.2) is 0 Å². The predicted molar refractivity (Wildman–Crippen MR) is 90.0 cm³/mol. The molecule has 0 spiro atoms. The topological polar surface area (TPSA) is 50.8 Å². The van der Waals surface area contributed by atoms with Gasteiger partial charge in [-0.05, 0) is 44.4 Å². The Kier molecular flexibility index (Phi) is 7.42. The van der Waals surface area contributed by atoms with Gasteiger partial charge in [0.15, 0.2) is 5.96 Å². The average molecular weight is 381 g/mol. The standard InChI is InChI=1S/C14H27N3O.HI/c1-11-4-3-6-17(10-11)14(15)16-9-13-5-7-18-12(2)8-13;/h11-13H,3-10H2,1-2H3,(H2,15,16);1H. The van der Waals surface area contributed by atoms with E-state index in [0.29, 0.717) is 12.0 Å². The summed E-state index contributed by atoms with van der Waals surface area (Å²) < 4.78 is 5.56. The molecule has 4 nitrogen and oxygen atoms in total. The van der Waals surface area contributed by atoms with Crippen LogP contribution in [-0.2, 0) is 4.74 Å². The summed E-state index contributed by atoms with van der Waals surface area (Å²) in [5.41, 5.74) is 6.11. The lowest BCUT2D eigenvalue weighted by Crippen LogP contribution is -2.43. The van der Waals surface area contributed by atoms with Gasteiger partial charge in [0.2, 0.25) is 0 Å². The van der Waals surface area contributed by atoms with Gasteiger partial charge < -0.3 is 15.4 Å². The largest absolute Gasteiger partial charge is 0.378 e. The molecule has 2 aliphatic heterocycles. The SMILES string of the molecule is CC1CCCN(C(N)=NCC2CCOC(C)C2)C1.I. The third-order valence-electron chi connectivity index (χ3n) is 4.09. The van der Waals surface area contributed by atoms with Crippen LogP contribution in [0.5, 0.6) is 0 Å². The summed E-state index contributed by atoms with van der Waals surface area (Å²) in [6, 6.07) is 0. The van der Waals surface area contributed by atoms with E-state index < -0.39 is 0 Å². The maximum absolute atomic E-state index is 6.11. The molecule has 5 heteroatoms. The Morgan fingerprint density at radius 3 is 2.84 bits per heavy atom. The molecule has 3 atom stereocenters. The Bertz CT molecular complexity index is 298. The molecule has 2 rings (SSSR count). The van der Waals surface area contributed by atoms with E-state index in [9.17, 15) is 0 Å². The van der Waals surface area contributed by atoms with Gasteiger partial charge in [0, 0.05) is 26.2 Å². The minimum absolute atomic E-state index is 0. The van der Waals surface area contributed by atoms with Crippen molar-refractivity contribution in [3.05, 3.63) is 0 Å². The highest BCUT2D eigenvalue weighted by atomic mass is 127. The molecule has 2 fully saturated rings. The molecule has 2 heterocycles. The van der Waals surface area contributed by atoms with E-state index in [1.807, 2.05) is 0 Å². The second kappa shape index (κ2) is 8.29. The first-order valence-corrected chi connectivity index (χ1v) is 7.31. The van der Waals surface area contributed by atoms with Crippen molar-refractivity contribution in [3.8, 4) is 0 Å². The van der Waals surface area contributed by atoms with Gasteiger partial charge >= 0.3 is 0 Å². The zero-order valence-corrected chi connectivity index (χ0v) is 14.5. The average Bonchev–Trinajstić information content (AvgIpc) is 2.36. The number of nitrogens with two attached hydrogens (primary N) is 1. The Balaban J connectivity index is 0.00000180. The minimum atomic E-state index is 0. The fourth-order valence-electron chi connectivity index (χ4n) is 2.98. The Hall–Kier alpha value is -0.0400. The molecule has 2 N–H and O–H groups in total. The van der Waals surface area contributed by atoms with E-state index in [1.54, 1.807) is 0 Å². The quantitative estimate of drug-likeness (QED) is 0.454. The van der Waals surface area contributed by atoms with Gasteiger partial charge in [-0.1, -0.05) is 6.92 Å². The zero-order chi connectivity index (χ0) is 13.0. The lowest BCUT2D eigenvalue weighted by atomic mass is 9.96. The van der Waals surface area contributed by atoms with Crippen LogP contribution >= 0.6 is 24.0 Å². The number of rotatable bonds is 2. The molecule has 0 amide bonds. The molecule has 2 aliphatic rings. The first-order valence-electron chi connectivity index (χ1n) is 7.31. The first kappa shape index (κ1) is 17.0. The maximum atomic E-state index is 6.11. The molecular weight excluding hydrogens is 353 g/mol. The second-order valence-electron chi connectivity index (χ2n) is 5.96. The molecule has 0 radical (unpaired) electrons. The summed E-state index contributed by atoms with van der Waals surface area (Å²) >= 11 is 0. The number of guanidine groups is 1. The molecule has 0 aliphatic carbocycles. The highest BCUT2D eigenvalue weighted by molar-refractivity contribution is 14.0. The van der Waals surface area contributed by atoms with Gasteiger partial charge in [0.1, 0.15) is 0 Å². The van der Waals surface area contributed by atoms with Crippen LogP contribution < -0.4 is 5.73 Å². The van der Waals surface area contributed by atoms with E-state index in [1.165, 1.54) is 12.8 Å². The maximum Gasteiger partial charge on any atom is 0.191 e. The molecule has 2 saturated heterocycles. The number of piperidine rings is 1. The molecule has 112 valence electrons. The highest BCUT2D eigenvalue weighted by Gasteiger charge is 2.20. The van der Waals surface area contributed by atoms with Gasteiger partial charge in [0.05, 0.1) is 6.10 Å². The van der Waals surface area contributed by atoms with Crippen molar-refractivity contribution in [2.45, 2.75) is 45.6 Å². The molecular formula is C14H28IN3O. The van der Waals surface area contributed by atoms with Crippen molar-refractivity contribution in [3.63, 3.8) is 0 Å². The van der Waals surface area contributed by atoms with Crippen LogP contribution in [0, 0.1) is 11.8 Å². The predicted octanol–water partition coefficient (Wildman–Crippen LogP) is 2.47. The fraction of sp³-hybridized carbons (Fsp3) is 0.929. The van der Waals surface area contributed by atoms with Crippen molar-refractivity contribution >= 4 is 29.9 Å². The summed E-state index contributed by atoms with van der Waals surface area (Å²) in [5.74, 6) is 2.14. The van der Waals surface area contributed by atoms with Crippen LogP contribution in [0.3, 0.4) is 0 Å². The molecule has 3 unspecified atom stereocenters. The van der Waals surface area contributed by atoms with Crippen molar-refractivity contribution in [1.29, 1.82) is 0 Å². The van der Waals surface area contributed by atoms with Crippen LogP contribution in [0.1, 0.15) is 39.5 Å². The summed E-state index contributed by atoms with van der Waals surface area (Å²) in [6.07, 6.45) is 5.19. The monoisotopic (exact) mass is 381 g/mol. The minimum Gasteiger partial charge on any atom is -0.378 e. The van der Waals surface area contributed by atoms with E-state index in [4.69, 9.17) is 10.5 Å². The molecule has 0 aromatic carbocycles. The van der Waals surface area contributed by atoms with Gasteiger partial charge in [-0.3, -0.25) is 4.99 Å². The van der Waals surface area contributed by atoms with Gasteiger partial charge in [-0.15, -0.1) is 24.0 Å². The van der Waals surface area contributed by atoms with Crippen LogP contribution in [0.25, 0.3) is 0 Å². The number of hydrogen-bond acceptors (Lipinski definition) is 2. The van der Waals surface area contributed by atoms with E-state index in [2.05, 4.69) is 23.7 Å². The molecule has 19 heavy (non-hydrogen) atoms. The smallest absolute Gasteiger partial charge is 0.191 e. The summed E-state index contributed by atoms with van der Waals surface area (Å²) in [4.78, 5) is 6.85. The normalized spacial score (nSPS) is 32.8. The molecule has 0 saturated carbocycles. The van der Waals surface area contributed by atoms with Gasteiger partial charge in [0.25, 0.3) is 0 Å². The molecule has 0 bridgehead atoms. The van der Waals surface area contributed by atoms with Crippen molar-refractivity contribution in [2.24, 2.45) is 22.6 Å². The third kappa shape index (κ3) is 5.45. The second-order valence-corrected chi connectivity index (χ2v) is 5.96. The lowest BCUT2D eigenvalue weighted by molar-refractivity contribution is 0.00476. The van der Waals surface area contributed by atoms with E-state index in [-0.39, 0.29) is 24.0 Å². The van der Waals surface area contributed by atoms with E-state index in [0.717, 1.165) is 51.0 Å². The molecule has 0 aromatic rings. The summed E-state index contributed by atoms with van der Waals surface area (Å²) in [5, 5.41) is 0. The Morgan fingerprint density at radius 1 is 1.37 bits per heavy atom. The van der Waals surface area contributed by atoms with Crippen molar-refractivity contribution in [2.75, 3.05) is 26.2 Å². The Morgan fingerprint density at radius 2 is 2.16 bits per heavy atom. The number of halogens is 1. The van der Waals surface area contributed by atoms with Crippen LogP contribution in [-0.4, -0.2) is 43.2 Å². The Labute approximate surface area is 134 Å². The van der Waals surface area contributed by atoms with Crippen molar-refractivity contribution in [1.82, 2.24) is 4.90 Å². The zero-order valence-electron chi connectivity index (χ0n) is 12.2. The highest BCUT2D eigenvalue weighted by Crippen LogP contribution is 2.20. The number of nitrogens with zero attached hydrogens (tertiary/aromatic N) is 2. The van der Waals surface area contributed by atoms with Crippen molar-refractivity contribution < 1.29 is 4.74 Å². The number of aliphatic imine (C=N–C) groups is 1. The lowest BCUT2D eigenvalue weighted by Gasteiger charge is -2.32. The van der Waals surface area contributed by atoms with Crippen LogP contribution in [0.2, 0.25) is 0 Å². The van der Waals surface area contributed by atoms with Crippen LogP contribution in [0.15, 0.2) is 4.99 Å². The number of ether oxygens (including phenoxy) is 1. The summed E-state index contributed by atoms with van der Waals surface area (Å²) in [7, 11) is 0. The van der Waals surface area contributed by atoms with E-state index >= 15 is 0 Å². The third-order valence-corrected chi connectivity index (χ3v) is 4.09. The van der Waals surface area contributed by atoms with Gasteiger partial charge in [-0.2, -0.15) is 0 Å². The number of likely N-dealkylation sites (tertiary alicyclic amines) is 1. The molecule has 0 aromatic heterocycles. The first-order chi connectivity index (χ1) is 8.65. The van der Waals surface area contributed by atoms with Crippen LogP contribution in [0.4, 0.5) is 0 Å². The summed E-state index contributed by atoms with van der Waals surface area (Å²) in [6.45, 7) is 8.32. The fourth-order valence-corrected chi connectivity index (χ4v) is 2.98.